The summed E-state index contributed by atoms with van der Waals surface area (Å²) in [7, 11) is 0. The molecule has 1 aliphatic carbocycles. The average Bonchev–Trinajstić information content (AvgIpc) is 2.60. The molecule has 0 bridgehead atoms. The van der Waals surface area contributed by atoms with Gasteiger partial charge in [-0.05, 0) is 57.7 Å². The maximum atomic E-state index is 12.5. The molecule has 0 saturated heterocycles. The molecule has 0 fully saturated rings. The van der Waals surface area contributed by atoms with Crippen molar-refractivity contribution in [2.45, 2.75) is 46.6 Å². The molecule has 1 unspecified atom stereocenters. The van der Waals surface area contributed by atoms with Crippen molar-refractivity contribution in [2.75, 3.05) is 5.06 Å². The van der Waals surface area contributed by atoms with Crippen LogP contribution in [0.5, 0.6) is 5.75 Å². The fourth-order valence-corrected chi connectivity index (χ4v) is 3.25. The predicted molar refractivity (Wildman–Crippen MR) is 107 cm³/mol. The fourth-order valence-electron chi connectivity index (χ4n) is 3.25. The van der Waals surface area contributed by atoms with Gasteiger partial charge in [-0.2, -0.15) is 0 Å². The number of nitrogens with zero attached hydrogens (tertiary/aromatic N) is 2. The molecule has 1 heterocycles. The largest absolute Gasteiger partial charge is 0.871 e. The van der Waals surface area contributed by atoms with Crippen molar-refractivity contribution in [3.05, 3.63) is 64.5 Å². The zero-order valence-corrected chi connectivity index (χ0v) is 16.2. The summed E-state index contributed by atoms with van der Waals surface area (Å²) < 4.78 is 0. The second-order valence-electron chi connectivity index (χ2n) is 7.43. The highest BCUT2D eigenvalue weighted by molar-refractivity contribution is 6.11. The zero-order valence-electron chi connectivity index (χ0n) is 16.2. The van der Waals surface area contributed by atoms with E-state index in [1.807, 2.05) is 33.8 Å². The van der Waals surface area contributed by atoms with Crippen LogP contribution in [0.3, 0.4) is 0 Å². The van der Waals surface area contributed by atoms with E-state index < -0.39 is 6.04 Å². The maximum Gasteiger partial charge on any atom is 0.143 e. The zero-order chi connectivity index (χ0) is 19.7. The van der Waals surface area contributed by atoms with Gasteiger partial charge in [0.1, 0.15) is 17.5 Å². The van der Waals surface area contributed by atoms with Gasteiger partial charge in [-0.25, -0.2) is 10.1 Å². The minimum Gasteiger partial charge on any atom is -0.871 e. The van der Waals surface area contributed by atoms with Gasteiger partial charge in [0.15, 0.2) is 0 Å². The van der Waals surface area contributed by atoms with E-state index in [0.717, 1.165) is 27.3 Å². The molecule has 5 heteroatoms. The first-order valence-corrected chi connectivity index (χ1v) is 9.06. The van der Waals surface area contributed by atoms with Crippen molar-refractivity contribution < 1.29 is 15.4 Å². The lowest BCUT2D eigenvalue weighted by Crippen LogP contribution is -2.46. The second kappa shape index (κ2) is 7.45. The molecule has 1 aliphatic heterocycles. The molecule has 142 valence electrons. The number of aromatic hydroxyl groups is 1. The Morgan fingerprint density at radius 2 is 1.78 bits per heavy atom. The topological polar surface area (TPSA) is 79.1 Å². The minimum absolute atomic E-state index is 0.0557. The Balaban J connectivity index is 2.12. The molecule has 5 nitrogen and oxygen atoms in total. The van der Waals surface area contributed by atoms with Gasteiger partial charge >= 0.3 is 0 Å². The summed E-state index contributed by atoms with van der Waals surface area (Å²) in [6, 6.07) is 2.66. The van der Waals surface area contributed by atoms with Crippen molar-refractivity contribution in [3.8, 4) is 5.75 Å². The summed E-state index contributed by atoms with van der Waals surface area (Å²) in [6.45, 7) is 8.02. The number of phenols is 1. The molecule has 0 radical (unpaired) electrons. The highest BCUT2D eigenvalue weighted by Crippen LogP contribution is 2.46. The van der Waals surface area contributed by atoms with E-state index >= 15 is 0 Å². The lowest BCUT2D eigenvalue weighted by atomic mass is 9.89. The molecule has 0 saturated carbocycles. The van der Waals surface area contributed by atoms with Gasteiger partial charge in [-0.15, -0.1) is 0 Å². The smallest absolute Gasteiger partial charge is 0.143 e. The third-order valence-corrected chi connectivity index (χ3v) is 4.71. The molecular weight excluding hydrogens is 340 g/mol. The number of aliphatic imine (C=N–C) groups is 1. The Kier molecular flexibility index (Phi) is 5.24. The summed E-state index contributed by atoms with van der Waals surface area (Å²) >= 11 is 0. The van der Waals surface area contributed by atoms with Crippen LogP contribution in [0.15, 0.2) is 63.9 Å². The van der Waals surface area contributed by atoms with Crippen LogP contribution in [0.4, 0.5) is 11.4 Å². The molecule has 1 atom stereocenters. The van der Waals surface area contributed by atoms with Crippen molar-refractivity contribution in [1.82, 2.24) is 0 Å². The normalized spacial score (nSPS) is 17.9. The van der Waals surface area contributed by atoms with Crippen molar-refractivity contribution in [3.63, 3.8) is 0 Å². The lowest BCUT2D eigenvalue weighted by molar-refractivity contribution is -0.290. The van der Waals surface area contributed by atoms with E-state index in [1.165, 1.54) is 6.08 Å². The number of benzene rings is 1. The first kappa shape index (κ1) is 19.0. The third-order valence-electron chi connectivity index (χ3n) is 4.71. The van der Waals surface area contributed by atoms with Gasteiger partial charge in [-0.1, -0.05) is 47.3 Å². The van der Waals surface area contributed by atoms with Gasteiger partial charge in [0.2, 0.25) is 0 Å². The highest BCUT2D eigenvalue weighted by atomic mass is 16.5. The molecule has 2 N–H and O–H groups in total. The Labute approximate surface area is 159 Å². The summed E-state index contributed by atoms with van der Waals surface area (Å²) in [5, 5.41) is 34.8. The molecule has 3 rings (SSSR count). The predicted octanol–water partition coefficient (Wildman–Crippen LogP) is 4.09. The quantitative estimate of drug-likeness (QED) is 0.788. The van der Waals surface area contributed by atoms with E-state index in [4.69, 9.17) is 0 Å². The number of allylic oxidation sites excluding steroid dienone is 6. The van der Waals surface area contributed by atoms with Crippen LogP contribution in [0.1, 0.15) is 39.7 Å². The van der Waals surface area contributed by atoms with Gasteiger partial charge < -0.3 is 10.2 Å². The van der Waals surface area contributed by atoms with Crippen LogP contribution in [0, 0.1) is 0 Å². The van der Waals surface area contributed by atoms with Crippen LogP contribution in [-0.2, 0) is 6.42 Å². The molecule has 0 aromatic heterocycles. The van der Waals surface area contributed by atoms with Gasteiger partial charge in [0.05, 0.1) is 11.4 Å². The summed E-state index contributed by atoms with van der Waals surface area (Å²) in [6.07, 6.45) is 8.54. The number of hydrogen-bond donors (Lipinski definition) is 2. The number of anilines is 1. The standard InChI is InChI=1S/C22H26N2O3/c1-13(2)5-7-15-9-12-18(26)22-19(15)23-20-17(25)11-10-16(8-6-14(3)4)21(20)24(22)27/h5-6,9-12,21,25-27H,7-8H2,1-4H3/p-1. The molecule has 0 spiro atoms. The molecule has 2 aliphatic rings. The average molecular weight is 365 g/mol. The maximum absolute atomic E-state index is 12.5. The SMILES string of the molecule is CC(C)=CCC1=CC=C([O-])C2=Nc3c(CC=C(C)C)ccc(O)c3N(O)C12. The van der Waals surface area contributed by atoms with Crippen LogP contribution < -0.4 is 10.2 Å². The molecule has 1 aromatic rings. The first-order valence-electron chi connectivity index (χ1n) is 9.06. The molecule has 27 heavy (non-hydrogen) atoms. The van der Waals surface area contributed by atoms with Gasteiger partial charge in [-0.3, -0.25) is 5.21 Å². The molecule has 0 amide bonds. The molecule has 1 aromatic carbocycles. The summed E-state index contributed by atoms with van der Waals surface area (Å²) in [5.41, 5.74) is 5.01. The second-order valence-corrected chi connectivity index (χ2v) is 7.43. The van der Waals surface area contributed by atoms with Crippen LogP contribution in [0.25, 0.3) is 0 Å². The first-order chi connectivity index (χ1) is 12.8. The van der Waals surface area contributed by atoms with E-state index in [2.05, 4.69) is 11.1 Å². The minimum atomic E-state index is -0.685. The van der Waals surface area contributed by atoms with Gasteiger partial charge in [0.25, 0.3) is 0 Å². The van der Waals surface area contributed by atoms with Crippen LogP contribution in [-0.4, -0.2) is 22.1 Å². The van der Waals surface area contributed by atoms with E-state index in [9.17, 15) is 15.4 Å². The van der Waals surface area contributed by atoms with Gasteiger partial charge in [0, 0.05) is 0 Å². The summed E-state index contributed by atoms with van der Waals surface area (Å²) in [4.78, 5) is 4.60. The van der Waals surface area contributed by atoms with Crippen molar-refractivity contribution >= 4 is 17.1 Å². The summed E-state index contributed by atoms with van der Waals surface area (Å²) in [5.74, 6) is -0.276. The number of hydrogen-bond acceptors (Lipinski definition) is 5. The van der Waals surface area contributed by atoms with E-state index in [-0.39, 0.29) is 22.9 Å². The van der Waals surface area contributed by atoms with Crippen molar-refractivity contribution in [2.24, 2.45) is 4.99 Å². The van der Waals surface area contributed by atoms with Crippen LogP contribution >= 0.6 is 0 Å². The number of fused-ring (bicyclic) bond motifs is 2. The third kappa shape index (κ3) is 3.69. The Morgan fingerprint density at radius 1 is 1.11 bits per heavy atom. The molecular formula is C22H25N2O3-. The van der Waals surface area contributed by atoms with Crippen molar-refractivity contribution in [1.29, 1.82) is 0 Å². The van der Waals surface area contributed by atoms with Crippen LogP contribution in [0.2, 0.25) is 0 Å². The number of hydroxylamine groups is 1. The Hall–Kier alpha value is -2.79. The van der Waals surface area contributed by atoms with E-state index in [1.54, 1.807) is 18.2 Å². The number of phenolic OH excluding ortho intramolecular Hbond substituents is 1. The fraction of sp³-hybridized carbons (Fsp3) is 0.318. The Bertz CT molecular complexity index is 912. The lowest BCUT2D eigenvalue weighted by Gasteiger charge is -2.39. The van der Waals surface area contributed by atoms with E-state index in [0.29, 0.717) is 18.5 Å². The monoisotopic (exact) mass is 365 g/mol. The Morgan fingerprint density at radius 3 is 2.44 bits per heavy atom. The number of rotatable bonds is 4. The highest BCUT2D eigenvalue weighted by Gasteiger charge is 2.35.